The van der Waals surface area contributed by atoms with Gasteiger partial charge in [0.15, 0.2) is 17.3 Å². The van der Waals surface area contributed by atoms with Gasteiger partial charge in [-0.1, -0.05) is 0 Å². The van der Waals surface area contributed by atoms with Crippen LogP contribution >= 0.6 is 0 Å². The number of rotatable bonds is 6. The minimum absolute atomic E-state index is 0.159. The molecule has 25 heavy (non-hydrogen) atoms. The Bertz CT molecular complexity index is 958. The van der Waals surface area contributed by atoms with Gasteiger partial charge in [0.1, 0.15) is 5.82 Å². The molecular formula is C15H11F2NO6S. The van der Waals surface area contributed by atoms with Gasteiger partial charge in [0, 0.05) is 11.6 Å². The first kappa shape index (κ1) is 18.3. The van der Waals surface area contributed by atoms with Gasteiger partial charge in [-0.25, -0.2) is 22.0 Å². The molecule has 0 aliphatic carbocycles. The fourth-order valence-corrected chi connectivity index (χ4v) is 2.40. The molecule has 0 heterocycles. The standard InChI is InChI=1S/C15H11F2NO6S/c1-25(22,23)18-11-4-2-8(14(19)15(20)21)6-13(11)24-12-5-3-9(16)7-10(12)17/h2-7,18H,1H3,(H,20,21). The molecule has 2 rings (SSSR count). The van der Waals surface area contributed by atoms with Crippen molar-refractivity contribution in [3.8, 4) is 11.5 Å². The van der Waals surface area contributed by atoms with Crippen molar-refractivity contribution in [3.63, 3.8) is 0 Å². The molecule has 2 aromatic carbocycles. The second kappa shape index (κ2) is 6.85. The zero-order valence-electron chi connectivity index (χ0n) is 12.6. The summed E-state index contributed by atoms with van der Waals surface area (Å²) in [5.74, 6) is -5.70. The first-order valence-electron chi connectivity index (χ1n) is 6.59. The number of carboxylic acids is 1. The largest absolute Gasteiger partial charge is 0.475 e. The van der Waals surface area contributed by atoms with Crippen LogP contribution in [0.2, 0.25) is 0 Å². The summed E-state index contributed by atoms with van der Waals surface area (Å²) in [4.78, 5) is 22.3. The smallest absolute Gasteiger partial charge is 0.377 e. The number of sulfonamides is 1. The minimum atomic E-state index is -3.74. The summed E-state index contributed by atoms with van der Waals surface area (Å²) >= 11 is 0. The number of nitrogens with one attached hydrogen (secondary N) is 1. The molecule has 0 fully saturated rings. The van der Waals surface area contributed by atoms with E-state index in [0.29, 0.717) is 6.07 Å². The number of benzene rings is 2. The lowest BCUT2D eigenvalue weighted by atomic mass is 10.1. The van der Waals surface area contributed by atoms with Crippen LogP contribution in [0.1, 0.15) is 10.4 Å². The van der Waals surface area contributed by atoms with E-state index >= 15 is 0 Å². The van der Waals surface area contributed by atoms with E-state index in [-0.39, 0.29) is 17.0 Å². The second-order valence-corrected chi connectivity index (χ2v) is 6.64. The molecule has 10 heteroatoms. The maximum atomic E-state index is 13.7. The Balaban J connectivity index is 2.51. The lowest BCUT2D eigenvalue weighted by Crippen LogP contribution is -2.14. The summed E-state index contributed by atoms with van der Waals surface area (Å²) in [5, 5.41) is 8.74. The molecule has 0 atom stereocenters. The molecule has 132 valence electrons. The summed E-state index contributed by atoms with van der Waals surface area (Å²) in [5.41, 5.74) is -0.475. The van der Waals surface area contributed by atoms with E-state index in [0.717, 1.165) is 36.6 Å². The molecule has 0 unspecified atom stereocenters. The van der Waals surface area contributed by atoms with E-state index in [1.54, 1.807) is 0 Å². The van der Waals surface area contributed by atoms with Crippen LogP contribution in [0.15, 0.2) is 36.4 Å². The fourth-order valence-electron chi connectivity index (χ4n) is 1.83. The summed E-state index contributed by atoms with van der Waals surface area (Å²) < 4.78 is 56.7. The van der Waals surface area contributed by atoms with Gasteiger partial charge in [-0.05, 0) is 30.3 Å². The monoisotopic (exact) mass is 371 g/mol. The van der Waals surface area contributed by atoms with E-state index in [4.69, 9.17) is 9.84 Å². The van der Waals surface area contributed by atoms with E-state index in [2.05, 4.69) is 4.72 Å². The molecule has 0 amide bonds. The van der Waals surface area contributed by atoms with Crippen molar-refractivity contribution in [3.05, 3.63) is 53.6 Å². The third kappa shape index (κ3) is 4.73. The average Bonchev–Trinajstić information content (AvgIpc) is 2.49. The number of hydrogen-bond donors (Lipinski definition) is 2. The highest BCUT2D eigenvalue weighted by Crippen LogP contribution is 2.33. The Morgan fingerprint density at radius 2 is 1.76 bits per heavy atom. The van der Waals surface area contributed by atoms with Crippen LogP contribution < -0.4 is 9.46 Å². The number of carbonyl (C=O) groups is 2. The maximum absolute atomic E-state index is 13.7. The molecule has 0 bridgehead atoms. The van der Waals surface area contributed by atoms with Gasteiger partial charge < -0.3 is 9.84 Å². The SMILES string of the molecule is CS(=O)(=O)Nc1ccc(C(=O)C(=O)O)cc1Oc1ccc(F)cc1F. The van der Waals surface area contributed by atoms with Crippen LogP contribution in [-0.4, -0.2) is 31.5 Å². The number of carbonyl (C=O) groups excluding carboxylic acids is 1. The van der Waals surface area contributed by atoms with Gasteiger partial charge >= 0.3 is 5.97 Å². The van der Waals surface area contributed by atoms with E-state index in [1.165, 1.54) is 0 Å². The summed E-state index contributed by atoms with van der Waals surface area (Å²) in [6, 6.07) is 5.51. The highest BCUT2D eigenvalue weighted by Gasteiger charge is 2.19. The van der Waals surface area contributed by atoms with Crippen LogP contribution in [0.3, 0.4) is 0 Å². The number of halogens is 2. The van der Waals surface area contributed by atoms with Crippen LogP contribution in [0, 0.1) is 11.6 Å². The molecule has 7 nitrogen and oxygen atoms in total. The molecule has 0 saturated heterocycles. The Morgan fingerprint density at radius 1 is 1.08 bits per heavy atom. The molecule has 2 N–H and O–H groups in total. The fraction of sp³-hybridized carbons (Fsp3) is 0.0667. The van der Waals surface area contributed by atoms with Crippen molar-refractivity contribution in [1.29, 1.82) is 0 Å². The highest BCUT2D eigenvalue weighted by molar-refractivity contribution is 7.92. The van der Waals surface area contributed by atoms with Gasteiger partial charge in [-0.15, -0.1) is 0 Å². The molecule has 2 aromatic rings. The number of aliphatic carboxylic acids is 1. The second-order valence-electron chi connectivity index (χ2n) is 4.90. The number of ketones is 1. The number of ether oxygens (including phenoxy) is 1. The maximum Gasteiger partial charge on any atom is 0.377 e. The van der Waals surface area contributed by atoms with Gasteiger partial charge in [-0.2, -0.15) is 0 Å². The lowest BCUT2D eigenvalue weighted by Gasteiger charge is -2.13. The van der Waals surface area contributed by atoms with Crippen molar-refractivity contribution in [1.82, 2.24) is 0 Å². The molecule has 0 aliphatic heterocycles. The van der Waals surface area contributed by atoms with Crippen molar-refractivity contribution in [2.75, 3.05) is 11.0 Å². The topological polar surface area (TPSA) is 110 Å². The molecule has 0 spiro atoms. The lowest BCUT2D eigenvalue weighted by molar-refractivity contribution is -0.131. The third-order valence-corrected chi connectivity index (χ3v) is 3.44. The average molecular weight is 371 g/mol. The third-order valence-electron chi connectivity index (χ3n) is 2.85. The van der Waals surface area contributed by atoms with Crippen LogP contribution in [-0.2, 0) is 14.8 Å². The van der Waals surface area contributed by atoms with Gasteiger partial charge in [0.05, 0.1) is 11.9 Å². The predicted octanol–water partition coefficient (Wildman–Crippen LogP) is 2.40. The predicted molar refractivity (Wildman–Crippen MR) is 83.3 cm³/mol. The molecular weight excluding hydrogens is 360 g/mol. The van der Waals surface area contributed by atoms with Gasteiger partial charge in [0.25, 0.3) is 5.78 Å². The number of hydrogen-bond acceptors (Lipinski definition) is 5. The number of anilines is 1. The van der Waals surface area contributed by atoms with Crippen LogP contribution in [0.4, 0.5) is 14.5 Å². The molecule has 0 saturated carbocycles. The highest BCUT2D eigenvalue weighted by atomic mass is 32.2. The van der Waals surface area contributed by atoms with Gasteiger partial charge in [-0.3, -0.25) is 9.52 Å². The van der Waals surface area contributed by atoms with Crippen LogP contribution in [0.25, 0.3) is 0 Å². The normalized spacial score (nSPS) is 11.0. The molecule has 0 aliphatic rings. The summed E-state index contributed by atoms with van der Waals surface area (Å²) in [6.07, 6.45) is 0.853. The zero-order valence-corrected chi connectivity index (χ0v) is 13.4. The Kier molecular flexibility index (Phi) is 5.02. The first-order chi connectivity index (χ1) is 11.6. The van der Waals surface area contributed by atoms with Gasteiger partial charge in [0.2, 0.25) is 10.0 Å². The minimum Gasteiger partial charge on any atom is -0.475 e. The first-order valence-corrected chi connectivity index (χ1v) is 8.48. The van der Waals surface area contributed by atoms with Crippen molar-refractivity contribution in [2.45, 2.75) is 0 Å². The Hall–Kier alpha value is -3.01. The zero-order chi connectivity index (χ0) is 18.8. The van der Waals surface area contributed by atoms with E-state index in [1.807, 2.05) is 0 Å². The molecule has 0 aromatic heterocycles. The van der Waals surface area contributed by atoms with E-state index in [9.17, 15) is 26.8 Å². The van der Waals surface area contributed by atoms with E-state index < -0.39 is 39.2 Å². The Labute approximate surface area is 140 Å². The Morgan fingerprint density at radius 3 is 2.32 bits per heavy atom. The molecule has 0 radical (unpaired) electrons. The van der Waals surface area contributed by atoms with Crippen molar-refractivity contribution >= 4 is 27.5 Å². The summed E-state index contributed by atoms with van der Waals surface area (Å²) in [7, 11) is -3.74. The van der Waals surface area contributed by atoms with Crippen molar-refractivity contribution in [2.24, 2.45) is 0 Å². The quantitative estimate of drug-likeness (QED) is 0.596. The van der Waals surface area contributed by atoms with Crippen molar-refractivity contribution < 1.29 is 36.6 Å². The number of Topliss-reactive ketones (excluding diaryl/α,β-unsaturated/α-hetero) is 1. The number of carboxylic acid groups (broad SMARTS) is 1. The van der Waals surface area contributed by atoms with Crippen LogP contribution in [0.5, 0.6) is 11.5 Å². The summed E-state index contributed by atoms with van der Waals surface area (Å²) in [6.45, 7) is 0.